The van der Waals surface area contributed by atoms with Crippen molar-refractivity contribution < 1.29 is 4.74 Å². The first-order chi connectivity index (χ1) is 10.4. The quantitative estimate of drug-likeness (QED) is 0.937. The number of nitrogens with one attached hydrogen (secondary N) is 1. The topological polar surface area (TPSA) is 39.1 Å². The van der Waals surface area contributed by atoms with Crippen LogP contribution in [0.25, 0.3) is 5.69 Å². The fourth-order valence-corrected chi connectivity index (χ4v) is 3.71. The molecule has 2 aliphatic rings. The van der Waals surface area contributed by atoms with Crippen molar-refractivity contribution >= 4 is 5.82 Å². The Labute approximate surface area is 125 Å². The molecule has 0 unspecified atom stereocenters. The maximum atomic E-state index is 5.51. The zero-order valence-corrected chi connectivity index (χ0v) is 12.4. The molecule has 0 amide bonds. The lowest BCUT2D eigenvalue weighted by molar-refractivity contribution is 0.411. The van der Waals surface area contributed by atoms with Gasteiger partial charge in [0.15, 0.2) is 0 Å². The van der Waals surface area contributed by atoms with Gasteiger partial charge in [-0.05, 0) is 31.4 Å². The van der Waals surface area contributed by atoms with Crippen molar-refractivity contribution in [2.24, 2.45) is 0 Å². The minimum absolute atomic E-state index is 0.648. The molecule has 0 atom stereocenters. The van der Waals surface area contributed by atoms with E-state index >= 15 is 0 Å². The number of nitrogens with zero attached hydrogens (tertiary/aromatic N) is 2. The summed E-state index contributed by atoms with van der Waals surface area (Å²) >= 11 is 0. The van der Waals surface area contributed by atoms with Crippen LogP contribution in [0.3, 0.4) is 0 Å². The monoisotopic (exact) mass is 283 g/mol. The second-order valence-electron chi connectivity index (χ2n) is 5.95. The number of para-hydroxylation sites is 2. The van der Waals surface area contributed by atoms with E-state index in [1.807, 2.05) is 18.2 Å². The SMILES string of the molecule is COc1ccccc1-n1nc(C2CCCC2)c2c1NCC2. The van der Waals surface area contributed by atoms with Gasteiger partial charge in [0.1, 0.15) is 17.3 Å². The average Bonchev–Trinajstić information content (AvgIpc) is 3.24. The fourth-order valence-electron chi connectivity index (χ4n) is 3.71. The number of rotatable bonds is 3. The van der Waals surface area contributed by atoms with Crippen LogP contribution in [0.2, 0.25) is 0 Å². The third-order valence-corrected chi connectivity index (χ3v) is 4.74. The average molecular weight is 283 g/mol. The van der Waals surface area contributed by atoms with Crippen LogP contribution in [-0.2, 0) is 6.42 Å². The number of aromatic nitrogens is 2. The molecule has 1 aliphatic heterocycles. The molecule has 0 radical (unpaired) electrons. The number of fused-ring (bicyclic) bond motifs is 1. The maximum absolute atomic E-state index is 5.51. The van der Waals surface area contributed by atoms with E-state index in [1.54, 1.807) is 7.11 Å². The summed E-state index contributed by atoms with van der Waals surface area (Å²) in [5.41, 5.74) is 3.76. The Morgan fingerprint density at radius 2 is 2.05 bits per heavy atom. The summed E-state index contributed by atoms with van der Waals surface area (Å²) in [7, 11) is 1.72. The summed E-state index contributed by atoms with van der Waals surface area (Å²) in [5.74, 6) is 2.69. The van der Waals surface area contributed by atoms with E-state index in [9.17, 15) is 0 Å². The first kappa shape index (κ1) is 12.7. The smallest absolute Gasteiger partial charge is 0.144 e. The summed E-state index contributed by atoms with van der Waals surface area (Å²) in [6.45, 7) is 1.02. The van der Waals surface area contributed by atoms with Gasteiger partial charge in [0.25, 0.3) is 0 Å². The van der Waals surface area contributed by atoms with Crippen LogP contribution in [0.5, 0.6) is 5.75 Å². The van der Waals surface area contributed by atoms with Gasteiger partial charge in [0.2, 0.25) is 0 Å². The van der Waals surface area contributed by atoms with Crippen LogP contribution in [-0.4, -0.2) is 23.4 Å². The van der Waals surface area contributed by atoms with E-state index in [2.05, 4.69) is 16.1 Å². The normalized spacial score (nSPS) is 17.8. The first-order valence-electron chi connectivity index (χ1n) is 7.87. The lowest BCUT2D eigenvalue weighted by Crippen LogP contribution is -2.07. The van der Waals surface area contributed by atoms with Crippen LogP contribution < -0.4 is 10.1 Å². The highest BCUT2D eigenvalue weighted by Gasteiger charge is 2.29. The summed E-state index contributed by atoms with van der Waals surface area (Å²) < 4.78 is 7.56. The largest absolute Gasteiger partial charge is 0.494 e. The van der Waals surface area contributed by atoms with Gasteiger partial charge in [0, 0.05) is 18.0 Å². The molecule has 4 rings (SSSR count). The van der Waals surface area contributed by atoms with E-state index in [0.717, 1.165) is 24.4 Å². The number of anilines is 1. The van der Waals surface area contributed by atoms with Gasteiger partial charge in [-0.2, -0.15) is 5.10 Å². The standard InChI is InChI=1S/C17H21N3O/c1-21-15-9-5-4-8-14(15)20-17-13(10-11-18-17)16(19-20)12-6-2-3-7-12/h4-5,8-9,12,18H,2-3,6-7,10-11H2,1H3. The lowest BCUT2D eigenvalue weighted by atomic mass is 9.99. The maximum Gasteiger partial charge on any atom is 0.144 e. The summed E-state index contributed by atoms with van der Waals surface area (Å²) in [4.78, 5) is 0. The molecule has 2 heterocycles. The predicted octanol–water partition coefficient (Wildman–Crippen LogP) is 3.51. The Balaban J connectivity index is 1.84. The molecule has 1 fully saturated rings. The van der Waals surface area contributed by atoms with Gasteiger partial charge in [-0.3, -0.25) is 0 Å². The van der Waals surface area contributed by atoms with E-state index in [-0.39, 0.29) is 0 Å². The van der Waals surface area contributed by atoms with Crippen molar-refractivity contribution in [2.75, 3.05) is 19.0 Å². The number of hydrogen-bond donors (Lipinski definition) is 1. The molecule has 4 heteroatoms. The number of methoxy groups -OCH3 is 1. The van der Waals surface area contributed by atoms with Gasteiger partial charge in [-0.1, -0.05) is 25.0 Å². The molecular formula is C17H21N3O. The number of benzene rings is 1. The van der Waals surface area contributed by atoms with Gasteiger partial charge in [-0.15, -0.1) is 0 Å². The van der Waals surface area contributed by atoms with Gasteiger partial charge >= 0.3 is 0 Å². The Hall–Kier alpha value is -1.97. The Kier molecular flexibility index (Phi) is 3.09. The van der Waals surface area contributed by atoms with Crippen LogP contribution in [0, 0.1) is 0 Å². The molecule has 21 heavy (non-hydrogen) atoms. The zero-order valence-electron chi connectivity index (χ0n) is 12.4. The van der Waals surface area contributed by atoms with Crippen molar-refractivity contribution in [1.82, 2.24) is 9.78 Å². The minimum Gasteiger partial charge on any atom is -0.494 e. The van der Waals surface area contributed by atoms with E-state index in [0.29, 0.717) is 5.92 Å². The molecule has 1 aromatic carbocycles. The van der Waals surface area contributed by atoms with Crippen molar-refractivity contribution in [3.8, 4) is 11.4 Å². The number of ether oxygens (including phenoxy) is 1. The molecule has 0 bridgehead atoms. The van der Waals surface area contributed by atoms with Crippen molar-refractivity contribution in [1.29, 1.82) is 0 Å². The highest BCUT2D eigenvalue weighted by Crippen LogP contribution is 2.40. The first-order valence-corrected chi connectivity index (χ1v) is 7.87. The highest BCUT2D eigenvalue weighted by atomic mass is 16.5. The van der Waals surface area contributed by atoms with Gasteiger partial charge in [0.05, 0.1) is 12.8 Å². The second-order valence-corrected chi connectivity index (χ2v) is 5.95. The van der Waals surface area contributed by atoms with E-state index < -0.39 is 0 Å². The predicted molar refractivity (Wildman–Crippen MR) is 83.5 cm³/mol. The molecule has 1 aromatic heterocycles. The summed E-state index contributed by atoms with van der Waals surface area (Å²) in [6, 6.07) is 8.10. The molecule has 1 N–H and O–H groups in total. The van der Waals surface area contributed by atoms with Crippen LogP contribution >= 0.6 is 0 Å². The fraction of sp³-hybridized carbons (Fsp3) is 0.471. The zero-order chi connectivity index (χ0) is 14.2. The molecular weight excluding hydrogens is 262 g/mol. The van der Waals surface area contributed by atoms with Crippen LogP contribution in [0.1, 0.15) is 42.9 Å². The highest BCUT2D eigenvalue weighted by molar-refractivity contribution is 5.60. The molecule has 0 saturated heterocycles. The molecule has 0 spiro atoms. The van der Waals surface area contributed by atoms with Gasteiger partial charge < -0.3 is 10.1 Å². The van der Waals surface area contributed by atoms with Gasteiger partial charge in [-0.25, -0.2) is 4.68 Å². The number of hydrogen-bond acceptors (Lipinski definition) is 3. The van der Waals surface area contributed by atoms with E-state index in [1.165, 1.54) is 42.8 Å². The third kappa shape index (κ3) is 2.01. The molecule has 1 saturated carbocycles. The van der Waals surface area contributed by atoms with E-state index in [4.69, 9.17) is 9.84 Å². The van der Waals surface area contributed by atoms with Crippen molar-refractivity contribution in [3.05, 3.63) is 35.5 Å². The summed E-state index contributed by atoms with van der Waals surface area (Å²) in [5, 5.41) is 8.47. The Morgan fingerprint density at radius 1 is 1.24 bits per heavy atom. The summed E-state index contributed by atoms with van der Waals surface area (Å²) in [6.07, 6.45) is 6.35. The molecule has 110 valence electrons. The van der Waals surface area contributed by atoms with Crippen LogP contribution in [0.4, 0.5) is 5.82 Å². The third-order valence-electron chi connectivity index (χ3n) is 4.74. The second kappa shape index (κ2) is 5.10. The Morgan fingerprint density at radius 3 is 2.86 bits per heavy atom. The molecule has 2 aromatic rings. The Bertz CT molecular complexity index is 656. The molecule has 4 nitrogen and oxygen atoms in total. The van der Waals surface area contributed by atoms with Crippen molar-refractivity contribution in [2.45, 2.75) is 38.0 Å². The minimum atomic E-state index is 0.648. The van der Waals surface area contributed by atoms with Crippen molar-refractivity contribution in [3.63, 3.8) is 0 Å². The van der Waals surface area contributed by atoms with Crippen LogP contribution in [0.15, 0.2) is 24.3 Å². The molecule has 1 aliphatic carbocycles. The lowest BCUT2D eigenvalue weighted by Gasteiger charge is -2.11.